The van der Waals surface area contributed by atoms with Gasteiger partial charge in [0.2, 0.25) is 0 Å². The molecule has 1 N–H and O–H groups in total. The molecule has 1 amide bonds. The van der Waals surface area contributed by atoms with Gasteiger partial charge in [0.25, 0.3) is 5.91 Å². The van der Waals surface area contributed by atoms with Crippen LogP contribution in [0.3, 0.4) is 0 Å². The number of nitrogens with zero attached hydrogens (tertiary/aromatic N) is 3. The van der Waals surface area contributed by atoms with Crippen LogP contribution in [0.1, 0.15) is 28.0 Å². The molecule has 0 aliphatic carbocycles. The van der Waals surface area contributed by atoms with Gasteiger partial charge in [0.1, 0.15) is 5.69 Å². The molecule has 6 nitrogen and oxygen atoms in total. The molecule has 7 heteroatoms. The van der Waals surface area contributed by atoms with Crippen molar-refractivity contribution in [3.8, 4) is 0 Å². The molecule has 1 aliphatic rings. The minimum Gasteiger partial charge on any atom is -0.378 e. The van der Waals surface area contributed by atoms with Crippen LogP contribution >= 0.6 is 11.3 Å². The van der Waals surface area contributed by atoms with E-state index in [0.717, 1.165) is 35.8 Å². The average Bonchev–Trinajstić information content (AvgIpc) is 2.95. The zero-order valence-corrected chi connectivity index (χ0v) is 14.2. The van der Waals surface area contributed by atoms with Gasteiger partial charge in [-0.05, 0) is 25.5 Å². The highest BCUT2D eigenvalue weighted by Gasteiger charge is 2.16. The third-order valence-corrected chi connectivity index (χ3v) is 4.73. The van der Waals surface area contributed by atoms with Gasteiger partial charge in [-0.3, -0.25) is 15.1 Å². The van der Waals surface area contributed by atoms with Gasteiger partial charge < -0.3 is 9.64 Å². The second-order valence-electron chi connectivity index (χ2n) is 5.33. The van der Waals surface area contributed by atoms with Gasteiger partial charge in [0.15, 0.2) is 5.13 Å². The summed E-state index contributed by atoms with van der Waals surface area (Å²) >= 11 is 1.50. The van der Waals surface area contributed by atoms with Gasteiger partial charge in [-0.25, -0.2) is 4.98 Å². The average molecular weight is 332 g/mol. The Labute approximate surface area is 139 Å². The van der Waals surface area contributed by atoms with E-state index in [9.17, 15) is 4.79 Å². The van der Waals surface area contributed by atoms with Crippen LogP contribution in [0.2, 0.25) is 0 Å². The van der Waals surface area contributed by atoms with E-state index < -0.39 is 0 Å². The summed E-state index contributed by atoms with van der Waals surface area (Å²) in [7, 11) is 0. The molecule has 0 bridgehead atoms. The van der Waals surface area contributed by atoms with Crippen LogP contribution in [-0.4, -0.2) is 42.2 Å². The summed E-state index contributed by atoms with van der Waals surface area (Å²) in [6.07, 6.45) is 2.53. The predicted molar refractivity (Wildman–Crippen MR) is 91.5 cm³/mol. The van der Waals surface area contributed by atoms with E-state index in [1.54, 1.807) is 6.20 Å². The first-order chi connectivity index (χ1) is 11.2. The first-order valence-electron chi connectivity index (χ1n) is 7.73. The molecule has 1 aliphatic heterocycles. The van der Waals surface area contributed by atoms with Crippen LogP contribution in [0.5, 0.6) is 0 Å². The molecule has 2 aromatic rings. The van der Waals surface area contributed by atoms with Crippen molar-refractivity contribution in [3.63, 3.8) is 0 Å². The molecule has 1 fully saturated rings. The fourth-order valence-electron chi connectivity index (χ4n) is 2.53. The first kappa shape index (κ1) is 15.9. The fourth-order valence-corrected chi connectivity index (χ4v) is 3.43. The molecule has 0 unspecified atom stereocenters. The number of ether oxygens (including phenoxy) is 1. The van der Waals surface area contributed by atoms with Crippen LogP contribution in [0.25, 0.3) is 0 Å². The molecule has 3 heterocycles. The molecule has 0 saturated carbocycles. The second kappa shape index (κ2) is 7.06. The number of thiazole rings is 1. The van der Waals surface area contributed by atoms with E-state index >= 15 is 0 Å². The van der Waals surface area contributed by atoms with Gasteiger partial charge >= 0.3 is 0 Å². The lowest BCUT2D eigenvalue weighted by Gasteiger charge is -2.28. The number of carbonyl (C=O) groups excluding carboxylic acids is 1. The Morgan fingerprint density at radius 2 is 2.22 bits per heavy atom. The maximum Gasteiger partial charge on any atom is 0.276 e. The van der Waals surface area contributed by atoms with E-state index in [0.29, 0.717) is 24.0 Å². The highest BCUT2D eigenvalue weighted by molar-refractivity contribution is 7.15. The smallest absolute Gasteiger partial charge is 0.276 e. The van der Waals surface area contributed by atoms with Gasteiger partial charge in [0.05, 0.1) is 18.9 Å². The molecule has 0 aromatic carbocycles. The number of hydrogen-bond acceptors (Lipinski definition) is 6. The van der Waals surface area contributed by atoms with Crippen molar-refractivity contribution in [2.45, 2.75) is 20.3 Å². The number of anilines is 2. The molecule has 3 rings (SSSR count). The standard InChI is InChI=1S/C16H20N4O2S/c1-3-13-11(2)23-16(18-13)19-15(21)14-10-12(4-5-17-14)20-6-8-22-9-7-20/h4-5,10H,3,6-9H2,1-2H3,(H,18,19,21). The van der Waals surface area contributed by atoms with Crippen molar-refractivity contribution < 1.29 is 9.53 Å². The second-order valence-corrected chi connectivity index (χ2v) is 6.53. The van der Waals surface area contributed by atoms with Crippen molar-refractivity contribution in [1.82, 2.24) is 9.97 Å². The first-order valence-corrected chi connectivity index (χ1v) is 8.55. The number of carbonyl (C=O) groups is 1. The third-order valence-electron chi connectivity index (χ3n) is 3.80. The van der Waals surface area contributed by atoms with Gasteiger partial charge in [-0.2, -0.15) is 0 Å². The van der Waals surface area contributed by atoms with Crippen LogP contribution < -0.4 is 10.2 Å². The maximum atomic E-state index is 12.4. The van der Waals surface area contributed by atoms with Crippen molar-refractivity contribution in [1.29, 1.82) is 0 Å². The van der Waals surface area contributed by atoms with Crippen LogP contribution in [0.15, 0.2) is 18.3 Å². The Bertz CT molecular complexity index is 695. The third kappa shape index (κ3) is 3.68. The minimum absolute atomic E-state index is 0.225. The van der Waals surface area contributed by atoms with E-state index in [1.807, 2.05) is 19.1 Å². The summed E-state index contributed by atoms with van der Waals surface area (Å²) in [5, 5.41) is 3.47. The molecule has 2 aromatic heterocycles. The molecule has 0 radical (unpaired) electrons. The number of hydrogen-bond donors (Lipinski definition) is 1. The van der Waals surface area contributed by atoms with Crippen LogP contribution in [-0.2, 0) is 11.2 Å². The Morgan fingerprint density at radius 1 is 1.43 bits per heavy atom. The monoisotopic (exact) mass is 332 g/mol. The summed E-state index contributed by atoms with van der Waals surface area (Å²) < 4.78 is 5.36. The molecular formula is C16H20N4O2S. The number of nitrogens with one attached hydrogen (secondary N) is 1. The van der Waals surface area contributed by atoms with Crippen molar-refractivity contribution in [3.05, 3.63) is 34.6 Å². The molecular weight excluding hydrogens is 312 g/mol. The lowest BCUT2D eigenvalue weighted by molar-refractivity contribution is 0.102. The summed E-state index contributed by atoms with van der Waals surface area (Å²) in [4.78, 5) is 24.4. The Morgan fingerprint density at radius 3 is 2.91 bits per heavy atom. The number of pyridine rings is 1. The highest BCUT2D eigenvalue weighted by Crippen LogP contribution is 2.23. The zero-order valence-electron chi connectivity index (χ0n) is 13.3. The Hall–Kier alpha value is -1.99. The minimum atomic E-state index is -0.225. The Kier molecular flexibility index (Phi) is 4.88. The molecule has 0 spiro atoms. The van der Waals surface area contributed by atoms with E-state index in [2.05, 4.69) is 27.1 Å². The maximum absolute atomic E-state index is 12.4. The van der Waals surface area contributed by atoms with E-state index in [1.165, 1.54) is 11.3 Å². The lowest BCUT2D eigenvalue weighted by Crippen LogP contribution is -2.36. The number of rotatable bonds is 4. The topological polar surface area (TPSA) is 67.4 Å². The molecule has 1 saturated heterocycles. The normalized spacial score (nSPS) is 14.8. The van der Waals surface area contributed by atoms with Crippen molar-refractivity contribution >= 4 is 28.1 Å². The molecule has 122 valence electrons. The van der Waals surface area contributed by atoms with Gasteiger partial charge in [0, 0.05) is 29.9 Å². The highest BCUT2D eigenvalue weighted by atomic mass is 32.1. The number of amides is 1. The zero-order chi connectivity index (χ0) is 16.2. The van der Waals surface area contributed by atoms with Crippen molar-refractivity contribution in [2.24, 2.45) is 0 Å². The summed E-state index contributed by atoms with van der Waals surface area (Å²) in [5.41, 5.74) is 2.43. The number of morpholine rings is 1. The summed E-state index contributed by atoms with van der Waals surface area (Å²) in [5.74, 6) is -0.225. The molecule has 23 heavy (non-hydrogen) atoms. The predicted octanol–water partition coefficient (Wildman–Crippen LogP) is 2.50. The van der Waals surface area contributed by atoms with Crippen LogP contribution in [0, 0.1) is 6.92 Å². The van der Waals surface area contributed by atoms with Crippen molar-refractivity contribution in [2.75, 3.05) is 36.5 Å². The SMILES string of the molecule is CCc1nc(NC(=O)c2cc(N3CCOCC3)ccn2)sc1C. The van der Waals surface area contributed by atoms with Gasteiger partial charge in [-0.1, -0.05) is 6.92 Å². The van der Waals surface area contributed by atoms with E-state index in [4.69, 9.17) is 4.74 Å². The quantitative estimate of drug-likeness (QED) is 0.932. The lowest BCUT2D eigenvalue weighted by atomic mass is 10.2. The number of aryl methyl sites for hydroxylation is 2. The molecule has 0 atom stereocenters. The van der Waals surface area contributed by atoms with Gasteiger partial charge in [-0.15, -0.1) is 11.3 Å². The summed E-state index contributed by atoms with van der Waals surface area (Å²) in [6.45, 7) is 7.15. The number of aromatic nitrogens is 2. The van der Waals surface area contributed by atoms with E-state index in [-0.39, 0.29) is 5.91 Å². The summed E-state index contributed by atoms with van der Waals surface area (Å²) in [6, 6.07) is 3.74. The fraction of sp³-hybridized carbons (Fsp3) is 0.438. The largest absolute Gasteiger partial charge is 0.378 e. The van der Waals surface area contributed by atoms with Crippen LogP contribution in [0.4, 0.5) is 10.8 Å². The Balaban J connectivity index is 1.73.